The molecule has 1 aromatic heterocycles. The maximum Gasteiger partial charge on any atom is 0.416 e. The van der Waals surface area contributed by atoms with Crippen molar-refractivity contribution in [1.82, 2.24) is 4.57 Å². The molecule has 0 fully saturated rings. The number of hydrogen-bond donors (Lipinski definition) is 2. The number of hydrogen-bond acceptors (Lipinski definition) is 2. The SMILES string of the molecule is Cc1cc(C(N)(O)Cl)c(C)n1-c1cccc(C(F)(F)F)c1. The largest absolute Gasteiger partial charge is 0.416 e. The van der Waals surface area contributed by atoms with Gasteiger partial charge in [-0.1, -0.05) is 17.7 Å². The molecule has 21 heavy (non-hydrogen) atoms. The predicted octanol–water partition coefficient (Wildman–Crippen LogP) is 3.41. The monoisotopic (exact) mass is 318 g/mol. The lowest BCUT2D eigenvalue weighted by molar-refractivity contribution is -0.137. The fourth-order valence-corrected chi connectivity index (χ4v) is 2.53. The number of nitrogens with two attached hydrogens (primary N) is 1. The number of halogens is 4. The molecule has 0 spiro atoms. The average Bonchev–Trinajstić information content (AvgIpc) is 2.64. The zero-order valence-corrected chi connectivity index (χ0v) is 12.1. The molecule has 0 radical (unpaired) electrons. The molecule has 3 N–H and O–H groups in total. The summed E-state index contributed by atoms with van der Waals surface area (Å²) in [6.45, 7) is 3.32. The van der Waals surface area contributed by atoms with Gasteiger partial charge in [-0.15, -0.1) is 0 Å². The van der Waals surface area contributed by atoms with E-state index in [0.717, 1.165) is 12.1 Å². The van der Waals surface area contributed by atoms with E-state index in [1.54, 1.807) is 30.5 Å². The minimum Gasteiger partial charge on any atom is -0.359 e. The van der Waals surface area contributed by atoms with Crippen LogP contribution in [-0.4, -0.2) is 9.67 Å². The van der Waals surface area contributed by atoms with Gasteiger partial charge in [0.15, 0.2) is 0 Å². The Morgan fingerprint density at radius 2 is 1.81 bits per heavy atom. The van der Waals surface area contributed by atoms with Crippen molar-refractivity contribution in [2.24, 2.45) is 5.73 Å². The van der Waals surface area contributed by atoms with E-state index >= 15 is 0 Å². The summed E-state index contributed by atoms with van der Waals surface area (Å²) in [6, 6.07) is 6.45. The summed E-state index contributed by atoms with van der Waals surface area (Å²) >= 11 is 5.68. The fraction of sp³-hybridized carbons (Fsp3) is 0.286. The molecule has 0 aliphatic rings. The fourth-order valence-electron chi connectivity index (χ4n) is 2.34. The lowest BCUT2D eigenvalue weighted by atomic mass is 10.2. The second kappa shape index (κ2) is 5.05. The van der Waals surface area contributed by atoms with Crippen LogP contribution >= 0.6 is 11.6 Å². The van der Waals surface area contributed by atoms with Gasteiger partial charge in [0.1, 0.15) is 0 Å². The molecular formula is C14H14ClF3N2O. The molecule has 1 unspecified atom stereocenters. The molecule has 1 aromatic carbocycles. The number of aliphatic hydroxyl groups is 1. The van der Waals surface area contributed by atoms with Crippen molar-refractivity contribution in [2.75, 3.05) is 0 Å². The topological polar surface area (TPSA) is 51.2 Å². The molecular weight excluding hydrogens is 305 g/mol. The van der Waals surface area contributed by atoms with Crippen LogP contribution in [-0.2, 0) is 11.4 Å². The van der Waals surface area contributed by atoms with Crippen molar-refractivity contribution in [3.63, 3.8) is 0 Å². The summed E-state index contributed by atoms with van der Waals surface area (Å²) in [5, 5.41) is 7.62. The third kappa shape index (κ3) is 3.07. The summed E-state index contributed by atoms with van der Waals surface area (Å²) in [5.41, 5.74) is 6.37. The number of alkyl halides is 4. The van der Waals surface area contributed by atoms with E-state index in [1.165, 1.54) is 6.07 Å². The smallest absolute Gasteiger partial charge is 0.359 e. The third-order valence-electron chi connectivity index (χ3n) is 3.24. The highest BCUT2D eigenvalue weighted by Gasteiger charge is 2.31. The Morgan fingerprint density at radius 3 is 2.29 bits per heavy atom. The first-order valence-corrected chi connectivity index (χ1v) is 6.47. The second-order valence-electron chi connectivity index (χ2n) is 4.84. The van der Waals surface area contributed by atoms with E-state index in [1.807, 2.05) is 0 Å². The maximum atomic E-state index is 12.8. The highest BCUT2D eigenvalue weighted by Crippen LogP contribution is 2.33. The molecule has 7 heteroatoms. The van der Waals surface area contributed by atoms with Gasteiger partial charge in [-0.05, 0) is 38.1 Å². The van der Waals surface area contributed by atoms with Crippen molar-refractivity contribution in [3.05, 3.63) is 52.8 Å². The van der Waals surface area contributed by atoms with Gasteiger partial charge in [-0.3, -0.25) is 5.73 Å². The highest BCUT2D eigenvalue weighted by molar-refractivity contribution is 6.22. The van der Waals surface area contributed by atoms with E-state index in [-0.39, 0.29) is 5.56 Å². The molecule has 0 aliphatic heterocycles. The van der Waals surface area contributed by atoms with E-state index in [0.29, 0.717) is 17.1 Å². The number of nitrogens with zero attached hydrogens (tertiary/aromatic N) is 1. The number of rotatable bonds is 2. The van der Waals surface area contributed by atoms with Crippen LogP contribution in [0.15, 0.2) is 30.3 Å². The molecule has 1 atom stereocenters. The zero-order chi connectivity index (χ0) is 16.0. The van der Waals surface area contributed by atoms with Crippen LogP contribution < -0.4 is 5.73 Å². The molecule has 0 saturated carbocycles. The van der Waals surface area contributed by atoms with E-state index in [2.05, 4.69) is 0 Å². The van der Waals surface area contributed by atoms with Crippen LogP contribution in [0.3, 0.4) is 0 Å². The molecule has 0 aliphatic carbocycles. The van der Waals surface area contributed by atoms with Gasteiger partial charge in [-0.25, -0.2) is 0 Å². The minimum atomic E-state index is -4.42. The van der Waals surface area contributed by atoms with E-state index in [9.17, 15) is 18.3 Å². The Bertz CT molecular complexity index is 672. The van der Waals surface area contributed by atoms with Gasteiger partial charge in [0.05, 0.1) is 5.56 Å². The molecule has 0 bridgehead atoms. The van der Waals surface area contributed by atoms with Crippen LogP contribution in [0.25, 0.3) is 5.69 Å². The van der Waals surface area contributed by atoms with Crippen LogP contribution in [0.4, 0.5) is 13.2 Å². The normalized spacial score (nSPS) is 15.0. The summed E-state index contributed by atoms with van der Waals surface area (Å²) < 4.78 is 39.9. The molecule has 2 aromatic rings. The van der Waals surface area contributed by atoms with E-state index in [4.69, 9.17) is 17.3 Å². The minimum absolute atomic E-state index is 0.249. The van der Waals surface area contributed by atoms with Crippen LogP contribution in [0, 0.1) is 13.8 Å². The van der Waals surface area contributed by atoms with Gasteiger partial charge in [-0.2, -0.15) is 13.2 Å². The Kier molecular flexibility index (Phi) is 3.82. The highest BCUT2D eigenvalue weighted by atomic mass is 35.5. The van der Waals surface area contributed by atoms with Crippen LogP contribution in [0.5, 0.6) is 0 Å². The Labute approximate surface area is 124 Å². The summed E-state index contributed by atoms with van der Waals surface area (Å²) in [7, 11) is 0. The van der Waals surface area contributed by atoms with Crippen molar-refractivity contribution in [1.29, 1.82) is 0 Å². The number of aryl methyl sites for hydroxylation is 1. The average molecular weight is 319 g/mol. The van der Waals surface area contributed by atoms with Crippen molar-refractivity contribution in [3.8, 4) is 5.69 Å². The number of benzene rings is 1. The first-order valence-electron chi connectivity index (χ1n) is 6.09. The Hall–Kier alpha value is -1.50. The lowest BCUT2D eigenvalue weighted by Crippen LogP contribution is -2.29. The Balaban J connectivity index is 2.61. The molecule has 2 rings (SSSR count). The van der Waals surface area contributed by atoms with E-state index < -0.39 is 16.9 Å². The zero-order valence-electron chi connectivity index (χ0n) is 11.4. The van der Waals surface area contributed by atoms with Gasteiger partial charge in [0.25, 0.3) is 0 Å². The van der Waals surface area contributed by atoms with Crippen LogP contribution in [0.1, 0.15) is 22.5 Å². The standard InChI is InChI=1S/C14H14ClF3N2O/c1-8-6-12(13(15,19)21)9(2)20(8)11-5-3-4-10(7-11)14(16,17)18/h3-7,21H,19H2,1-2H3. The molecule has 0 amide bonds. The second-order valence-corrected chi connectivity index (χ2v) is 5.42. The first kappa shape index (κ1) is 15.9. The summed E-state index contributed by atoms with van der Waals surface area (Å²) in [5.74, 6) is 0. The van der Waals surface area contributed by atoms with Gasteiger partial charge in [0, 0.05) is 22.6 Å². The van der Waals surface area contributed by atoms with Crippen molar-refractivity contribution < 1.29 is 18.3 Å². The molecule has 0 saturated heterocycles. The quantitative estimate of drug-likeness (QED) is 0.506. The molecule has 1 heterocycles. The van der Waals surface area contributed by atoms with Crippen molar-refractivity contribution >= 4 is 11.6 Å². The predicted molar refractivity (Wildman–Crippen MR) is 74.2 cm³/mol. The van der Waals surface area contributed by atoms with Gasteiger partial charge in [0.2, 0.25) is 5.18 Å². The Morgan fingerprint density at radius 1 is 1.19 bits per heavy atom. The lowest BCUT2D eigenvalue weighted by Gasteiger charge is -2.16. The van der Waals surface area contributed by atoms with Gasteiger partial charge < -0.3 is 9.67 Å². The summed E-state index contributed by atoms with van der Waals surface area (Å²) in [6.07, 6.45) is -4.42. The summed E-state index contributed by atoms with van der Waals surface area (Å²) in [4.78, 5) is 0. The number of aromatic nitrogens is 1. The third-order valence-corrected chi connectivity index (χ3v) is 3.44. The van der Waals surface area contributed by atoms with Crippen molar-refractivity contribution in [2.45, 2.75) is 25.2 Å². The molecule has 114 valence electrons. The van der Waals surface area contributed by atoms with Gasteiger partial charge >= 0.3 is 6.18 Å². The van der Waals surface area contributed by atoms with Crippen LogP contribution in [0.2, 0.25) is 0 Å². The molecule has 3 nitrogen and oxygen atoms in total. The maximum absolute atomic E-state index is 12.8. The first-order chi connectivity index (χ1) is 9.51.